The van der Waals surface area contributed by atoms with Crippen LogP contribution in [-0.2, 0) is 18.3 Å². The molecule has 1 saturated heterocycles. The highest BCUT2D eigenvalue weighted by Crippen LogP contribution is 2.16. The number of ether oxygens (including phenoxy) is 1. The summed E-state index contributed by atoms with van der Waals surface area (Å²) in [6.45, 7) is 12.8. The average molecular weight is 556 g/mol. The van der Waals surface area contributed by atoms with Gasteiger partial charge in [-0.3, -0.25) is 9.89 Å². The maximum absolute atomic E-state index is 5.51. The molecule has 1 N–H and O–H groups in total. The Labute approximate surface area is 189 Å². The molecule has 1 aromatic heterocycles. The molecule has 1 aliphatic heterocycles. The number of nitrogens with zero attached hydrogens (tertiary/aromatic N) is 4. The van der Waals surface area contributed by atoms with Crippen LogP contribution in [0.2, 0.25) is 0 Å². The number of halogens is 2. The SMILES string of the molecule is CCNC(=NCC(C(C)C)N1CCOCC1)N(C)Cc1cc(Br)cn1C.I. The summed E-state index contributed by atoms with van der Waals surface area (Å²) in [4.78, 5) is 9.69. The molecule has 1 unspecified atom stereocenters. The van der Waals surface area contributed by atoms with E-state index >= 15 is 0 Å². The van der Waals surface area contributed by atoms with Crippen molar-refractivity contribution in [2.75, 3.05) is 46.4 Å². The van der Waals surface area contributed by atoms with Gasteiger partial charge in [0.25, 0.3) is 0 Å². The van der Waals surface area contributed by atoms with Crippen LogP contribution in [0.1, 0.15) is 26.5 Å². The van der Waals surface area contributed by atoms with Gasteiger partial charge in [-0.1, -0.05) is 13.8 Å². The third-order valence-corrected chi connectivity index (χ3v) is 5.32. The van der Waals surface area contributed by atoms with Gasteiger partial charge in [0.05, 0.1) is 26.3 Å². The molecule has 1 aromatic rings. The smallest absolute Gasteiger partial charge is 0.194 e. The largest absolute Gasteiger partial charge is 0.379 e. The zero-order chi connectivity index (χ0) is 19.1. The van der Waals surface area contributed by atoms with Crippen LogP contribution in [-0.4, -0.2) is 72.8 Å². The van der Waals surface area contributed by atoms with Crippen molar-refractivity contribution in [3.8, 4) is 0 Å². The zero-order valence-electron chi connectivity index (χ0n) is 17.2. The standard InChI is InChI=1S/C19H34BrN5O.HI/c1-6-21-19(24(5)14-17-11-16(20)13-23(17)4)22-12-18(15(2)3)25-7-9-26-10-8-25;/h11,13,15,18H,6-10,12,14H2,1-5H3,(H,21,22);1H. The highest BCUT2D eigenvalue weighted by atomic mass is 127. The number of aryl methyl sites for hydroxylation is 1. The van der Waals surface area contributed by atoms with E-state index in [1.165, 1.54) is 5.69 Å². The van der Waals surface area contributed by atoms with Crippen LogP contribution < -0.4 is 5.32 Å². The van der Waals surface area contributed by atoms with Crippen molar-refractivity contribution in [3.05, 3.63) is 22.4 Å². The number of hydrogen-bond acceptors (Lipinski definition) is 3. The molecule has 0 radical (unpaired) electrons. The monoisotopic (exact) mass is 555 g/mol. The van der Waals surface area contributed by atoms with Crippen molar-refractivity contribution < 1.29 is 4.74 Å². The summed E-state index contributed by atoms with van der Waals surface area (Å²) in [6.07, 6.45) is 2.08. The van der Waals surface area contributed by atoms with Gasteiger partial charge in [-0.25, -0.2) is 0 Å². The average Bonchev–Trinajstić information content (AvgIpc) is 2.92. The lowest BCUT2D eigenvalue weighted by atomic mass is 10.0. The summed E-state index contributed by atoms with van der Waals surface area (Å²) >= 11 is 3.55. The third-order valence-electron chi connectivity index (χ3n) is 4.88. The lowest BCUT2D eigenvalue weighted by Crippen LogP contribution is -2.48. The summed E-state index contributed by atoms with van der Waals surface area (Å²) in [5, 5.41) is 3.44. The van der Waals surface area contributed by atoms with Crippen molar-refractivity contribution in [1.29, 1.82) is 0 Å². The summed E-state index contributed by atoms with van der Waals surface area (Å²) < 4.78 is 8.76. The summed E-state index contributed by atoms with van der Waals surface area (Å²) in [5.41, 5.74) is 1.25. The van der Waals surface area contributed by atoms with Gasteiger partial charge in [0, 0.05) is 56.1 Å². The van der Waals surface area contributed by atoms with Gasteiger partial charge in [0.1, 0.15) is 0 Å². The van der Waals surface area contributed by atoms with Crippen LogP contribution in [0, 0.1) is 5.92 Å². The minimum atomic E-state index is 0. The van der Waals surface area contributed by atoms with Gasteiger partial charge in [-0.2, -0.15) is 0 Å². The number of rotatable bonds is 7. The summed E-state index contributed by atoms with van der Waals surface area (Å²) in [6, 6.07) is 2.61. The molecule has 0 aromatic carbocycles. The highest BCUT2D eigenvalue weighted by molar-refractivity contribution is 14.0. The Morgan fingerprint density at radius 3 is 2.56 bits per heavy atom. The van der Waals surface area contributed by atoms with E-state index in [4.69, 9.17) is 9.73 Å². The second-order valence-corrected chi connectivity index (χ2v) is 8.19. The quantitative estimate of drug-likeness (QED) is 0.319. The van der Waals surface area contributed by atoms with E-state index in [-0.39, 0.29) is 24.0 Å². The van der Waals surface area contributed by atoms with Gasteiger partial charge in [0.2, 0.25) is 0 Å². The first-order valence-electron chi connectivity index (χ1n) is 9.54. The molecular weight excluding hydrogens is 521 g/mol. The molecule has 2 heterocycles. The first kappa shape index (κ1) is 24.7. The predicted octanol–water partition coefficient (Wildman–Crippen LogP) is 3.16. The number of aliphatic imine (C=N–C) groups is 1. The topological polar surface area (TPSA) is 45.0 Å². The maximum atomic E-state index is 5.51. The molecule has 0 aliphatic carbocycles. The molecule has 0 amide bonds. The Morgan fingerprint density at radius 1 is 1.37 bits per heavy atom. The number of guanidine groups is 1. The van der Waals surface area contributed by atoms with Crippen LogP contribution in [0.25, 0.3) is 0 Å². The van der Waals surface area contributed by atoms with E-state index in [0.29, 0.717) is 12.0 Å². The lowest BCUT2D eigenvalue weighted by molar-refractivity contribution is 0.00863. The van der Waals surface area contributed by atoms with Crippen molar-refractivity contribution >= 4 is 45.9 Å². The molecule has 8 heteroatoms. The molecule has 27 heavy (non-hydrogen) atoms. The lowest BCUT2D eigenvalue weighted by Gasteiger charge is -2.36. The van der Waals surface area contributed by atoms with Crippen LogP contribution in [0.4, 0.5) is 0 Å². The fourth-order valence-corrected chi connectivity index (χ4v) is 3.92. The minimum absolute atomic E-state index is 0. The van der Waals surface area contributed by atoms with Crippen molar-refractivity contribution in [2.24, 2.45) is 18.0 Å². The number of morpholine rings is 1. The molecule has 1 aliphatic rings. The van der Waals surface area contributed by atoms with Crippen molar-refractivity contribution in [2.45, 2.75) is 33.4 Å². The highest BCUT2D eigenvalue weighted by Gasteiger charge is 2.24. The Balaban J connectivity index is 0.00000364. The second kappa shape index (κ2) is 12.3. The van der Waals surface area contributed by atoms with E-state index < -0.39 is 0 Å². The van der Waals surface area contributed by atoms with Gasteiger partial charge in [0.15, 0.2) is 5.96 Å². The summed E-state index contributed by atoms with van der Waals surface area (Å²) in [5.74, 6) is 1.53. The van der Waals surface area contributed by atoms with Crippen LogP contribution in [0.5, 0.6) is 0 Å². The van der Waals surface area contributed by atoms with Gasteiger partial charge < -0.3 is 19.5 Å². The predicted molar refractivity (Wildman–Crippen MR) is 127 cm³/mol. The molecule has 0 bridgehead atoms. The Hall–Kier alpha value is -0.320. The first-order chi connectivity index (χ1) is 12.4. The van der Waals surface area contributed by atoms with E-state index in [2.05, 4.69) is 82.7 Å². The van der Waals surface area contributed by atoms with Gasteiger partial charge in [-0.15, -0.1) is 24.0 Å². The molecule has 156 valence electrons. The van der Waals surface area contributed by atoms with Gasteiger partial charge in [-0.05, 0) is 34.8 Å². The van der Waals surface area contributed by atoms with E-state index in [9.17, 15) is 0 Å². The number of aromatic nitrogens is 1. The van der Waals surface area contributed by atoms with E-state index in [0.717, 1.165) is 56.4 Å². The Kier molecular flexibility index (Phi) is 11.2. The second-order valence-electron chi connectivity index (χ2n) is 7.27. The van der Waals surface area contributed by atoms with Crippen LogP contribution >= 0.6 is 39.9 Å². The Morgan fingerprint density at radius 2 is 2.04 bits per heavy atom. The normalized spacial score (nSPS) is 16.9. The molecule has 0 saturated carbocycles. The summed E-state index contributed by atoms with van der Waals surface area (Å²) in [7, 11) is 4.17. The molecule has 0 spiro atoms. The first-order valence-corrected chi connectivity index (χ1v) is 10.3. The third kappa shape index (κ3) is 7.55. The van der Waals surface area contributed by atoms with E-state index in [1.54, 1.807) is 0 Å². The van der Waals surface area contributed by atoms with Crippen LogP contribution in [0.15, 0.2) is 21.7 Å². The molecule has 1 fully saturated rings. The van der Waals surface area contributed by atoms with Crippen molar-refractivity contribution in [1.82, 2.24) is 19.7 Å². The Bertz CT molecular complexity index is 587. The fraction of sp³-hybridized carbons (Fsp3) is 0.737. The molecule has 2 rings (SSSR count). The number of nitrogens with one attached hydrogen (secondary N) is 1. The minimum Gasteiger partial charge on any atom is -0.379 e. The molecule has 6 nitrogen and oxygen atoms in total. The zero-order valence-corrected chi connectivity index (χ0v) is 21.2. The number of hydrogen-bond donors (Lipinski definition) is 1. The van der Waals surface area contributed by atoms with E-state index in [1.807, 2.05) is 0 Å². The van der Waals surface area contributed by atoms with Gasteiger partial charge >= 0.3 is 0 Å². The van der Waals surface area contributed by atoms with Crippen LogP contribution in [0.3, 0.4) is 0 Å². The fourth-order valence-electron chi connectivity index (χ4n) is 3.35. The molecule has 1 atom stereocenters. The maximum Gasteiger partial charge on any atom is 0.194 e. The van der Waals surface area contributed by atoms with Crippen molar-refractivity contribution in [3.63, 3.8) is 0 Å². The molecular formula is C19H35BrIN5O.